The summed E-state index contributed by atoms with van der Waals surface area (Å²) in [4.78, 5) is 0. The maximum absolute atomic E-state index is 12.7. The Bertz CT molecular complexity index is 476. The summed E-state index contributed by atoms with van der Waals surface area (Å²) in [6.45, 7) is 1.95. The Kier molecular flexibility index (Phi) is 4.35. The predicted octanol–water partition coefficient (Wildman–Crippen LogP) is 4.64. The first-order valence-electron chi connectivity index (χ1n) is 6.80. The fourth-order valence-electron chi connectivity index (χ4n) is 2.87. The molecule has 1 aliphatic carbocycles. The third kappa shape index (κ3) is 3.67. The predicted molar refractivity (Wildman–Crippen MR) is 74.8 cm³/mol. The van der Waals surface area contributed by atoms with Gasteiger partial charge in [0.1, 0.15) is 0 Å². The highest BCUT2D eigenvalue weighted by Crippen LogP contribution is 2.41. The second-order valence-corrected chi connectivity index (χ2v) is 6.36. The zero-order valence-corrected chi connectivity index (χ0v) is 12.2. The lowest BCUT2D eigenvalue weighted by atomic mass is 9.74. The third-order valence-corrected chi connectivity index (χ3v) is 4.55. The van der Waals surface area contributed by atoms with E-state index in [4.69, 9.17) is 17.3 Å². The molecule has 1 aromatic carbocycles. The van der Waals surface area contributed by atoms with E-state index in [2.05, 4.69) is 0 Å². The molecule has 112 valence electrons. The minimum atomic E-state index is -4.09. The molecule has 0 unspecified atom stereocenters. The van der Waals surface area contributed by atoms with Gasteiger partial charge >= 0.3 is 6.18 Å². The van der Waals surface area contributed by atoms with E-state index in [0.29, 0.717) is 24.3 Å². The summed E-state index contributed by atoms with van der Waals surface area (Å²) >= 11 is 6.18. The second-order valence-electron chi connectivity index (χ2n) is 5.95. The van der Waals surface area contributed by atoms with Crippen molar-refractivity contribution >= 4 is 11.6 Å². The van der Waals surface area contributed by atoms with E-state index in [0.717, 1.165) is 11.1 Å². The van der Waals surface area contributed by atoms with E-state index >= 15 is 0 Å². The summed E-state index contributed by atoms with van der Waals surface area (Å²) in [5.41, 5.74) is 7.69. The molecule has 20 heavy (non-hydrogen) atoms. The van der Waals surface area contributed by atoms with Gasteiger partial charge in [0.05, 0.1) is 5.92 Å². The SMILES string of the molecule is Cc1ccc(CC2(N)CCC(C(F)(F)F)CC2)c(Cl)c1. The summed E-state index contributed by atoms with van der Waals surface area (Å²) < 4.78 is 38.0. The molecule has 0 amide bonds. The van der Waals surface area contributed by atoms with Crippen LogP contribution in [0.25, 0.3) is 0 Å². The summed E-state index contributed by atoms with van der Waals surface area (Å²) in [6.07, 6.45) is -2.55. The van der Waals surface area contributed by atoms with Crippen LogP contribution in [0.15, 0.2) is 18.2 Å². The highest BCUT2D eigenvalue weighted by molar-refractivity contribution is 6.31. The van der Waals surface area contributed by atoms with E-state index in [9.17, 15) is 13.2 Å². The van der Waals surface area contributed by atoms with Crippen LogP contribution in [0.3, 0.4) is 0 Å². The lowest BCUT2D eigenvalue weighted by molar-refractivity contribution is -0.184. The van der Waals surface area contributed by atoms with Crippen molar-refractivity contribution in [3.8, 4) is 0 Å². The fraction of sp³-hybridized carbons (Fsp3) is 0.600. The number of hydrogen-bond acceptors (Lipinski definition) is 1. The van der Waals surface area contributed by atoms with Crippen LogP contribution in [0.2, 0.25) is 5.02 Å². The van der Waals surface area contributed by atoms with Crippen LogP contribution in [0.5, 0.6) is 0 Å². The Morgan fingerprint density at radius 1 is 1.30 bits per heavy atom. The van der Waals surface area contributed by atoms with Gasteiger partial charge in [-0.15, -0.1) is 0 Å². The molecule has 0 atom stereocenters. The minimum Gasteiger partial charge on any atom is -0.325 e. The van der Waals surface area contributed by atoms with Crippen molar-refractivity contribution in [2.75, 3.05) is 0 Å². The molecule has 2 rings (SSSR count). The first-order chi connectivity index (χ1) is 9.20. The van der Waals surface area contributed by atoms with Crippen molar-refractivity contribution in [2.24, 2.45) is 11.7 Å². The molecular formula is C15H19ClF3N. The highest BCUT2D eigenvalue weighted by atomic mass is 35.5. The number of rotatable bonds is 2. The average Bonchev–Trinajstić information content (AvgIpc) is 2.32. The smallest absolute Gasteiger partial charge is 0.325 e. The van der Waals surface area contributed by atoms with Crippen LogP contribution >= 0.6 is 11.6 Å². The number of alkyl halides is 3. The number of halogens is 4. The zero-order chi connectivity index (χ0) is 15.0. The van der Waals surface area contributed by atoms with Gasteiger partial charge in [-0.25, -0.2) is 0 Å². The lowest BCUT2D eigenvalue weighted by Gasteiger charge is -2.38. The van der Waals surface area contributed by atoms with Crippen LogP contribution in [0, 0.1) is 12.8 Å². The minimum absolute atomic E-state index is 0.115. The largest absolute Gasteiger partial charge is 0.391 e. The molecule has 0 saturated heterocycles. The van der Waals surface area contributed by atoms with Gasteiger partial charge in [-0.1, -0.05) is 23.7 Å². The van der Waals surface area contributed by atoms with Crippen LogP contribution in [0.4, 0.5) is 13.2 Å². The quantitative estimate of drug-likeness (QED) is 0.846. The van der Waals surface area contributed by atoms with E-state index < -0.39 is 17.6 Å². The Labute approximate surface area is 122 Å². The molecule has 1 fully saturated rings. The van der Waals surface area contributed by atoms with Crippen molar-refractivity contribution in [3.63, 3.8) is 0 Å². The zero-order valence-electron chi connectivity index (χ0n) is 11.4. The first kappa shape index (κ1) is 15.6. The highest BCUT2D eigenvalue weighted by Gasteiger charge is 2.44. The molecule has 2 N–H and O–H groups in total. The van der Waals surface area contributed by atoms with Gasteiger partial charge in [0.25, 0.3) is 0 Å². The van der Waals surface area contributed by atoms with E-state index in [1.165, 1.54) is 0 Å². The Morgan fingerprint density at radius 3 is 2.40 bits per heavy atom. The Balaban J connectivity index is 2.03. The number of aryl methyl sites for hydroxylation is 1. The molecule has 5 heteroatoms. The molecule has 0 aliphatic heterocycles. The van der Waals surface area contributed by atoms with Gasteiger partial charge in [0, 0.05) is 10.6 Å². The standard InChI is InChI=1S/C15H19ClF3N/c1-10-2-3-11(13(16)8-10)9-14(20)6-4-12(5-7-14)15(17,18)19/h2-3,8,12H,4-7,9,20H2,1H3. The van der Waals surface area contributed by atoms with Gasteiger partial charge in [-0.05, 0) is 56.2 Å². The summed E-state index contributed by atoms with van der Waals surface area (Å²) in [5, 5.41) is 0.646. The fourth-order valence-corrected chi connectivity index (χ4v) is 3.17. The van der Waals surface area contributed by atoms with Crippen molar-refractivity contribution in [3.05, 3.63) is 34.3 Å². The van der Waals surface area contributed by atoms with Gasteiger partial charge < -0.3 is 5.73 Å². The topological polar surface area (TPSA) is 26.0 Å². The molecule has 1 aromatic rings. The Hall–Kier alpha value is -0.740. The van der Waals surface area contributed by atoms with Crippen molar-refractivity contribution in [1.82, 2.24) is 0 Å². The van der Waals surface area contributed by atoms with Gasteiger partial charge in [-0.2, -0.15) is 13.2 Å². The van der Waals surface area contributed by atoms with E-state index in [-0.39, 0.29) is 12.8 Å². The summed E-state index contributed by atoms with van der Waals surface area (Å²) in [7, 11) is 0. The van der Waals surface area contributed by atoms with Crippen LogP contribution in [-0.4, -0.2) is 11.7 Å². The summed E-state index contributed by atoms with van der Waals surface area (Å²) in [6, 6.07) is 5.73. The van der Waals surface area contributed by atoms with Gasteiger partial charge in [0.2, 0.25) is 0 Å². The molecule has 0 spiro atoms. The van der Waals surface area contributed by atoms with Crippen molar-refractivity contribution in [2.45, 2.75) is 50.7 Å². The number of nitrogens with two attached hydrogens (primary N) is 1. The third-order valence-electron chi connectivity index (χ3n) is 4.20. The molecule has 0 aromatic heterocycles. The molecular weight excluding hydrogens is 287 g/mol. The molecule has 1 saturated carbocycles. The Morgan fingerprint density at radius 2 is 1.90 bits per heavy atom. The lowest BCUT2D eigenvalue weighted by Crippen LogP contribution is -2.47. The van der Waals surface area contributed by atoms with Crippen molar-refractivity contribution in [1.29, 1.82) is 0 Å². The van der Waals surface area contributed by atoms with Gasteiger partial charge in [0.15, 0.2) is 0 Å². The molecule has 0 radical (unpaired) electrons. The van der Waals surface area contributed by atoms with Crippen LogP contribution in [-0.2, 0) is 6.42 Å². The molecule has 1 nitrogen and oxygen atoms in total. The molecule has 0 heterocycles. The maximum Gasteiger partial charge on any atom is 0.391 e. The van der Waals surface area contributed by atoms with Crippen LogP contribution in [0.1, 0.15) is 36.8 Å². The number of benzene rings is 1. The average molecular weight is 306 g/mol. The van der Waals surface area contributed by atoms with E-state index in [1.807, 2.05) is 25.1 Å². The first-order valence-corrected chi connectivity index (χ1v) is 7.18. The van der Waals surface area contributed by atoms with Gasteiger partial charge in [-0.3, -0.25) is 0 Å². The second kappa shape index (κ2) is 5.57. The molecule has 0 bridgehead atoms. The monoisotopic (exact) mass is 305 g/mol. The number of hydrogen-bond donors (Lipinski definition) is 1. The maximum atomic E-state index is 12.7. The van der Waals surface area contributed by atoms with E-state index in [1.54, 1.807) is 0 Å². The summed E-state index contributed by atoms with van der Waals surface area (Å²) in [5.74, 6) is -1.20. The normalized spacial score (nSPS) is 27.6. The van der Waals surface area contributed by atoms with Crippen LogP contribution < -0.4 is 5.73 Å². The van der Waals surface area contributed by atoms with Crippen molar-refractivity contribution < 1.29 is 13.2 Å². The molecule has 1 aliphatic rings.